The van der Waals surface area contributed by atoms with Gasteiger partial charge in [0, 0.05) is 17.9 Å². The van der Waals surface area contributed by atoms with E-state index in [0.29, 0.717) is 33.8 Å². The van der Waals surface area contributed by atoms with Crippen molar-refractivity contribution in [1.29, 1.82) is 0 Å². The molecule has 0 atom stereocenters. The second kappa shape index (κ2) is 6.09. The molecule has 2 aromatic carbocycles. The van der Waals surface area contributed by atoms with Crippen LogP contribution in [0.4, 0.5) is 0 Å². The van der Waals surface area contributed by atoms with Crippen LogP contribution in [0.3, 0.4) is 0 Å². The van der Waals surface area contributed by atoms with E-state index in [4.69, 9.17) is 9.47 Å². The van der Waals surface area contributed by atoms with E-state index in [2.05, 4.69) is 9.97 Å². The summed E-state index contributed by atoms with van der Waals surface area (Å²) in [6.45, 7) is 0. The summed E-state index contributed by atoms with van der Waals surface area (Å²) in [6.07, 6.45) is 1.12. The maximum Gasteiger partial charge on any atom is 0.194 e. The molecule has 6 nitrogen and oxygen atoms in total. The molecule has 1 heterocycles. The smallest absolute Gasteiger partial charge is 0.194 e. The number of hydrogen-bond acceptors (Lipinski definition) is 6. The first-order valence-corrected chi connectivity index (χ1v) is 9.02. The fourth-order valence-corrected chi connectivity index (χ4v) is 3.12. The lowest BCUT2D eigenvalue weighted by molar-refractivity contribution is 0.415. The second-order valence-corrected chi connectivity index (χ2v) is 7.16. The van der Waals surface area contributed by atoms with Crippen LogP contribution < -0.4 is 9.47 Å². The molecule has 0 spiro atoms. The molecule has 0 N–H and O–H groups in total. The lowest BCUT2D eigenvalue weighted by Gasteiger charge is -2.10. The molecule has 3 aromatic rings. The predicted molar refractivity (Wildman–Crippen MR) is 91.2 cm³/mol. The molecule has 0 aliphatic carbocycles. The van der Waals surface area contributed by atoms with Crippen LogP contribution in [-0.2, 0) is 9.84 Å². The number of benzene rings is 2. The average molecular weight is 344 g/mol. The number of aromatic nitrogens is 2. The van der Waals surface area contributed by atoms with E-state index in [1.807, 2.05) is 0 Å². The summed E-state index contributed by atoms with van der Waals surface area (Å²) in [5, 5.41) is -0.0616. The minimum Gasteiger partial charge on any atom is -0.497 e. The van der Waals surface area contributed by atoms with Crippen molar-refractivity contribution in [3.8, 4) is 22.8 Å². The van der Waals surface area contributed by atoms with Crippen LogP contribution in [0.2, 0.25) is 0 Å². The van der Waals surface area contributed by atoms with Crippen LogP contribution in [0.15, 0.2) is 47.5 Å². The normalized spacial score (nSPS) is 11.5. The maximum absolute atomic E-state index is 12.2. The van der Waals surface area contributed by atoms with Crippen LogP contribution in [0.25, 0.3) is 22.3 Å². The Balaban J connectivity index is 2.28. The van der Waals surface area contributed by atoms with Gasteiger partial charge in [-0.25, -0.2) is 18.4 Å². The van der Waals surface area contributed by atoms with Gasteiger partial charge >= 0.3 is 0 Å². The highest BCUT2D eigenvalue weighted by atomic mass is 32.2. The fourth-order valence-electron chi connectivity index (χ4n) is 2.34. The van der Waals surface area contributed by atoms with E-state index < -0.39 is 9.84 Å². The van der Waals surface area contributed by atoms with Crippen molar-refractivity contribution in [3.05, 3.63) is 42.5 Å². The molecule has 24 heavy (non-hydrogen) atoms. The highest BCUT2D eigenvalue weighted by molar-refractivity contribution is 7.90. The fraction of sp³-hybridized carbons (Fsp3) is 0.176. The number of rotatable bonds is 4. The molecule has 0 fully saturated rings. The van der Waals surface area contributed by atoms with Crippen molar-refractivity contribution in [3.63, 3.8) is 0 Å². The van der Waals surface area contributed by atoms with Gasteiger partial charge in [-0.05, 0) is 36.4 Å². The van der Waals surface area contributed by atoms with Gasteiger partial charge in [0.1, 0.15) is 17.2 Å². The molecule has 0 radical (unpaired) electrons. The molecule has 0 aliphatic heterocycles. The van der Waals surface area contributed by atoms with Gasteiger partial charge < -0.3 is 9.47 Å². The lowest BCUT2D eigenvalue weighted by atomic mass is 10.1. The third kappa shape index (κ3) is 3.03. The van der Waals surface area contributed by atoms with Crippen LogP contribution in [0, 0.1) is 0 Å². The summed E-state index contributed by atoms with van der Waals surface area (Å²) in [7, 11) is -0.445. The first-order valence-electron chi connectivity index (χ1n) is 7.12. The van der Waals surface area contributed by atoms with Gasteiger partial charge in [-0.2, -0.15) is 0 Å². The first kappa shape index (κ1) is 16.2. The Morgan fingerprint density at radius 3 is 2.04 bits per heavy atom. The predicted octanol–water partition coefficient (Wildman–Crippen LogP) is 2.72. The molecule has 0 saturated heterocycles. The summed E-state index contributed by atoms with van der Waals surface area (Å²) in [5.74, 6) is 1.27. The quantitative estimate of drug-likeness (QED) is 0.724. The molecule has 124 valence electrons. The van der Waals surface area contributed by atoms with Gasteiger partial charge in [-0.3, -0.25) is 0 Å². The number of nitrogens with zero attached hydrogens (tertiary/aromatic N) is 2. The van der Waals surface area contributed by atoms with E-state index in [1.54, 1.807) is 49.6 Å². The standard InChI is InChI=1S/C17H16N2O4S/c1-22-12-6-4-11(5-7-12)16-17(24(3,20)21)19-15-10-13(23-2)8-9-14(15)18-16/h4-10H,1-3H3. The zero-order valence-electron chi connectivity index (χ0n) is 13.5. The Hall–Kier alpha value is -2.67. The number of ether oxygens (including phenoxy) is 2. The summed E-state index contributed by atoms with van der Waals surface area (Å²) in [5.41, 5.74) is 2.03. The molecule has 3 rings (SSSR count). The maximum atomic E-state index is 12.2. The Labute approximate surface area is 140 Å². The summed E-state index contributed by atoms with van der Waals surface area (Å²) in [4.78, 5) is 8.82. The average Bonchev–Trinajstić information content (AvgIpc) is 2.59. The third-order valence-corrected chi connectivity index (χ3v) is 4.54. The SMILES string of the molecule is COc1ccc(-c2nc3ccc(OC)cc3nc2S(C)(=O)=O)cc1. The molecule has 0 bridgehead atoms. The molecular weight excluding hydrogens is 328 g/mol. The number of methoxy groups -OCH3 is 2. The van der Waals surface area contributed by atoms with E-state index >= 15 is 0 Å². The topological polar surface area (TPSA) is 78.4 Å². The van der Waals surface area contributed by atoms with Crippen LogP contribution in [0.1, 0.15) is 0 Å². The van der Waals surface area contributed by atoms with Crippen molar-refractivity contribution in [2.75, 3.05) is 20.5 Å². The van der Waals surface area contributed by atoms with Gasteiger partial charge in [0.2, 0.25) is 0 Å². The van der Waals surface area contributed by atoms with Crippen molar-refractivity contribution in [1.82, 2.24) is 9.97 Å². The number of sulfone groups is 1. The van der Waals surface area contributed by atoms with Crippen LogP contribution >= 0.6 is 0 Å². The second-order valence-electron chi connectivity index (χ2n) is 5.23. The van der Waals surface area contributed by atoms with Crippen molar-refractivity contribution in [2.24, 2.45) is 0 Å². The number of hydrogen-bond donors (Lipinski definition) is 0. The van der Waals surface area contributed by atoms with E-state index in [-0.39, 0.29) is 5.03 Å². The zero-order valence-corrected chi connectivity index (χ0v) is 14.3. The van der Waals surface area contributed by atoms with E-state index in [9.17, 15) is 8.42 Å². The minimum atomic E-state index is -3.55. The van der Waals surface area contributed by atoms with Crippen LogP contribution in [-0.4, -0.2) is 38.9 Å². The summed E-state index contributed by atoms with van der Waals surface area (Å²) < 4.78 is 34.7. The summed E-state index contributed by atoms with van der Waals surface area (Å²) >= 11 is 0. The van der Waals surface area contributed by atoms with Crippen LogP contribution in [0.5, 0.6) is 11.5 Å². The monoisotopic (exact) mass is 344 g/mol. The number of fused-ring (bicyclic) bond motifs is 1. The molecule has 0 amide bonds. The van der Waals surface area contributed by atoms with E-state index in [1.165, 1.54) is 7.11 Å². The highest BCUT2D eigenvalue weighted by Gasteiger charge is 2.20. The Morgan fingerprint density at radius 2 is 1.46 bits per heavy atom. The Morgan fingerprint density at radius 1 is 0.833 bits per heavy atom. The molecule has 0 saturated carbocycles. The van der Waals surface area contributed by atoms with Crippen molar-refractivity contribution >= 4 is 20.9 Å². The summed E-state index contributed by atoms with van der Waals surface area (Å²) in [6, 6.07) is 12.2. The minimum absolute atomic E-state index is 0.0616. The van der Waals surface area contributed by atoms with Gasteiger partial charge in [0.15, 0.2) is 14.9 Å². The molecular formula is C17H16N2O4S. The molecule has 0 aliphatic rings. The molecule has 7 heteroatoms. The zero-order chi connectivity index (χ0) is 17.3. The first-order chi connectivity index (χ1) is 11.4. The van der Waals surface area contributed by atoms with Gasteiger partial charge in [0.05, 0.1) is 25.3 Å². The Kier molecular flexibility index (Phi) is 4.11. The van der Waals surface area contributed by atoms with Crippen molar-refractivity contribution < 1.29 is 17.9 Å². The lowest BCUT2D eigenvalue weighted by Crippen LogP contribution is -2.06. The van der Waals surface area contributed by atoms with Crippen molar-refractivity contribution in [2.45, 2.75) is 5.03 Å². The third-order valence-electron chi connectivity index (χ3n) is 3.55. The van der Waals surface area contributed by atoms with Gasteiger partial charge in [-0.1, -0.05) is 0 Å². The largest absolute Gasteiger partial charge is 0.497 e. The van der Waals surface area contributed by atoms with Gasteiger partial charge in [0.25, 0.3) is 0 Å². The highest BCUT2D eigenvalue weighted by Crippen LogP contribution is 2.29. The molecule has 0 unspecified atom stereocenters. The Bertz CT molecular complexity index is 999. The van der Waals surface area contributed by atoms with Gasteiger partial charge in [-0.15, -0.1) is 0 Å². The molecule has 1 aromatic heterocycles. The van der Waals surface area contributed by atoms with E-state index in [0.717, 1.165) is 6.26 Å².